The monoisotopic (exact) mass is 701 g/mol. The maximum absolute atomic E-state index is 9.69. The fraction of sp³-hybridized carbons (Fsp3) is 0. The normalized spacial score (nSPS) is 11.6. The second kappa shape index (κ2) is 11.8. The summed E-state index contributed by atoms with van der Waals surface area (Å²) in [4.78, 5) is 4.64. The van der Waals surface area contributed by atoms with Gasteiger partial charge in [0.2, 0.25) is 0 Å². The van der Waals surface area contributed by atoms with Crippen molar-refractivity contribution in [2.24, 2.45) is 0 Å². The summed E-state index contributed by atoms with van der Waals surface area (Å²) in [6, 6.07) is 58.6. The van der Waals surface area contributed by atoms with Crippen molar-refractivity contribution in [2.45, 2.75) is 0 Å². The van der Waals surface area contributed by atoms with E-state index in [-0.39, 0.29) is 0 Å². The van der Waals surface area contributed by atoms with Crippen molar-refractivity contribution in [3.8, 4) is 45.8 Å². The highest BCUT2D eigenvalue weighted by atomic mass is 16.3. The molecule has 4 heterocycles. The van der Waals surface area contributed by atoms with Gasteiger partial charge in [0.25, 0.3) is 0 Å². The molecular weight excluding hydrogens is 675 g/mol. The zero-order valence-corrected chi connectivity index (χ0v) is 29.2. The topological polar surface area (TPSA) is 83.5 Å². The highest BCUT2D eigenvalue weighted by Gasteiger charge is 2.20. The van der Waals surface area contributed by atoms with E-state index in [4.69, 9.17) is 4.42 Å². The Balaban J connectivity index is 1.07. The number of nitriles is 2. The number of aromatic nitrogens is 3. The van der Waals surface area contributed by atoms with Crippen molar-refractivity contribution in [2.75, 3.05) is 0 Å². The summed E-state index contributed by atoms with van der Waals surface area (Å²) in [6.07, 6.45) is 1.81. The SMILES string of the molecule is N#Cc1ccc2c(c1)c1cc(C#N)ccc1n2-c1cccc(-c2ccccc2-c2cccc(-n3c4ccccc4c4c5oc6cccnc6c5ccc43)c2)c1. The maximum Gasteiger partial charge on any atom is 0.153 e. The molecular formula is C49H27N5O. The molecule has 0 unspecified atom stereocenters. The predicted molar refractivity (Wildman–Crippen MR) is 220 cm³/mol. The average molecular weight is 702 g/mol. The molecule has 0 aliphatic heterocycles. The molecule has 6 nitrogen and oxygen atoms in total. The molecule has 0 radical (unpaired) electrons. The number of hydrogen-bond donors (Lipinski definition) is 0. The van der Waals surface area contributed by atoms with Crippen molar-refractivity contribution < 1.29 is 4.42 Å². The Kier molecular flexibility index (Phi) is 6.58. The first-order chi connectivity index (χ1) is 27.2. The van der Waals surface area contributed by atoms with E-state index in [1.807, 2.05) is 54.7 Å². The first kappa shape index (κ1) is 30.7. The molecule has 0 aliphatic rings. The third-order valence-corrected chi connectivity index (χ3v) is 10.8. The highest BCUT2D eigenvalue weighted by molar-refractivity contribution is 6.23. The molecule has 0 aliphatic carbocycles. The van der Waals surface area contributed by atoms with E-state index >= 15 is 0 Å². The Morgan fingerprint density at radius 1 is 0.473 bits per heavy atom. The van der Waals surface area contributed by atoms with Crippen molar-refractivity contribution in [3.63, 3.8) is 0 Å². The molecule has 0 atom stereocenters. The van der Waals surface area contributed by atoms with Gasteiger partial charge in [0, 0.05) is 39.1 Å². The van der Waals surface area contributed by atoms with E-state index in [9.17, 15) is 10.5 Å². The van der Waals surface area contributed by atoms with Gasteiger partial charge in [-0.25, -0.2) is 0 Å². The van der Waals surface area contributed by atoms with Crippen LogP contribution in [0.25, 0.3) is 99.3 Å². The minimum atomic E-state index is 0.583. The van der Waals surface area contributed by atoms with Crippen LogP contribution in [0.1, 0.15) is 11.1 Å². The van der Waals surface area contributed by atoms with Crippen LogP contribution in [-0.2, 0) is 0 Å². The zero-order chi connectivity index (χ0) is 36.6. The Morgan fingerprint density at radius 3 is 1.71 bits per heavy atom. The number of fused-ring (bicyclic) bond motifs is 10. The Labute approximate surface area is 314 Å². The van der Waals surface area contributed by atoms with Crippen LogP contribution in [0.4, 0.5) is 0 Å². The lowest BCUT2D eigenvalue weighted by atomic mass is 9.94. The average Bonchev–Trinajstić information content (AvgIpc) is 3.91. The lowest BCUT2D eigenvalue weighted by Crippen LogP contribution is -1.96. The standard InChI is InChI=1S/C49H27N5O/c50-28-30-17-20-43-40(24-30)41-25-31(29-51)18-21-44(41)53(43)34-10-5-8-32(26-34)36-12-1-2-13-37(36)33-9-6-11-35(27-33)54-42-15-4-3-14-38(42)47-45(54)22-19-39-48-46(55-49(39)47)16-7-23-52-48/h1-27H. The van der Waals surface area contributed by atoms with E-state index in [2.05, 4.69) is 135 Å². The number of pyridine rings is 1. The predicted octanol–water partition coefficient (Wildman–Crippen LogP) is 12.3. The van der Waals surface area contributed by atoms with Crippen LogP contribution in [-0.4, -0.2) is 14.1 Å². The number of furan rings is 1. The lowest BCUT2D eigenvalue weighted by molar-refractivity contribution is 0.672. The van der Waals surface area contributed by atoms with Crippen LogP contribution in [0.15, 0.2) is 168 Å². The van der Waals surface area contributed by atoms with Crippen molar-refractivity contribution in [3.05, 3.63) is 175 Å². The molecule has 0 bridgehead atoms. The van der Waals surface area contributed by atoms with Crippen LogP contribution in [0.3, 0.4) is 0 Å². The maximum atomic E-state index is 9.69. The summed E-state index contributed by atoms with van der Waals surface area (Å²) in [5, 5.41) is 24.5. The second-order valence-electron chi connectivity index (χ2n) is 13.8. The molecule has 0 saturated carbocycles. The molecule has 0 spiro atoms. The quantitative estimate of drug-likeness (QED) is 0.183. The zero-order valence-electron chi connectivity index (χ0n) is 29.2. The van der Waals surface area contributed by atoms with Gasteiger partial charge >= 0.3 is 0 Å². The summed E-state index contributed by atoms with van der Waals surface area (Å²) in [5.41, 5.74) is 14.3. The van der Waals surface area contributed by atoms with Gasteiger partial charge < -0.3 is 13.6 Å². The van der Waals surface area contributed by atoms with Crippen molar-refractivity contribution >= 4 is 65.7 Å². The van der Waals surface area contributed by atoms with E-state index in [1.165, 1.54) is 0 Å². The number of benzene rings is 7. The second-order valence-corrected chi connectivity index (χ2v) is 13.8. The summed E-state index contributed by atoms with van der Waals surface area (Å²) in [7, 11) is 0. The fourth-order valence-corrected chi connectivity index (χ4v) is 8.44. The first-order valence-electron chi connectivity index (χ1n) is 18.1. The smallest absolute Gasteiger partial charge is 0.153 e. The van der Waals surface area contributed by atoms with Crippen LogP contribution in [0, 0.1) is 22.7 Å². The van der Waals surface area contributed by atoms with Gasteiger partial charge in [-0.2, -0.15) is 10.5 Å². The van der Waals surface area contributed by atoms with E-state index in [0.29, 0.717) is 11.1 Å². The fourth-order valence-electron chi connectivity index (χ4n) is 8.44. The third kappa shape index (κ3) is 4.56. The Hall–Kier alpha value is -7.93. The minimum absolute atomic E-state index is 0.583. The molecule has 0 fully saturated rings. The number of para-hydroxylation sites is 1. The summed E-state index contributed by atoms with van der Waals surface area (Å²) >= 11 is 0. The Morgan fingerprint density at radius 2 is 1.05 bits per heavy atom. The molecule has 7 aromatic carbocycles. The van der Waals surface area contributed by atoms with E-state index < -0.39 is 0 Å². The minimum Gasteiger partial charge on any atom is -0.454 e. The molecule has 0 saturated heterocycles. The van der Waals surface area contributed by atoms with Crippen LogP contribution in [0.2, 0.25) is 0 Å². The van der Waals surface area contributed by atoms with Crippen molar-refractivity contribution in [1.82, 2.24) is 14.1 Å². The van der Waals surface area contributed by atoms with Gasteiger partial charge in [-0.1, -0.05) is 66.7 Å². The van der Waals surface area contributed by atoms with Gasteiger partial charge in [-0.05, 0) is 113 Å². The molecule has 11 rings (SSSR count). The number of nitrogens with zero attached hydrogens (tertiary/aromatic N) is 5. The summed E-state index contributed by atoms with van der Waals surface area (Å²) < 4.78 is 11.0. The Bertz CT molecular complexity index is 3400. The molecule has 11 aromatic rings. The summed E-state index contributed by atoms with van der Waals surface area (Å²) in [6.45, 7) is 0. The number of rotatable bonds is 4. The molecule has 55 heavy (non-hydrogen) atoms. The van der Waals surface area contributed by atoms with Crippen LogP contribution >= 0.6 is 0 Å². The van der Waals surface area contributed by atoms with Crippen LogP contribution < -0.4 is 0 Å². The van der Waals surface area contributed by atoms with Crippen LogP contribution in [0.5, 0.6) is 0 Å². The lowest BCUT2D eigenvalue weighted by Gasteiger charge is -2.15. The van der Waals surface area contributed by atoms with Gasteiger partial charge in [0.15, 0.2) is 5.58 Å². The van der Waals surface area contributed by atoms with Gasteiger partial charge in [-0.15, -0.1) is 0 Å². The first-order valence-corrected chi connectivity index (χ1v) is 18.1. The third-order valence-electron chi connectivity index (χ3n) is 10.8. The van der Waals surface area contributed by atoms with E-state index in [1.54, 1.807) is 0 Å². The van der Waals surface area contributed by atoms with E-state index in [0.717, 1.165) is 99.3 Å². The van der Waals surface area contributed by atoms with Gasteiger partial charge in [-0.3, -0.25) is 4.98 Å². The van der Waals surface area contributed by atoms with Gasteiger partial charge in [0.1, 0.15) is 11.1 Å². The highest BCUT2D eigenvalue weighted by Crippen LogP contribution is 2.42. The summed E-state index contributed by atoms with van der Waals surface area (Å²) in [5.74, 6) is 0. The molecule has 0 N–H and O–H groups in total. The van der Waals surface area contributed by atoms with Crippen molar-refractivity contribution in [1.29, 1.82) is 10.5 Å². The molecule has 0 amide bonds. The molecule has 4 aromatic heterocycles. The molecule has 6 heteroatoms. The molecule has 254 valence electrons. The number of hydrogen-bond acceptors (Lipinski definition) is 4. The largest absolute Gasteiger partial charge is 0.454 e. The van der Waals surface area contributed by atoms with Gasteiger partial charge in [0.05, 0.1) is 50.7 Å².